The summed E-state index contributed by atoms with van der Waals surface area (Å²) in [5.74, 6) is 0.341. The predicted octanol–water partition coefficient (Wildman–Crippen LogP) is 2.29. The maximum absolute atomic E-state index is 13.1. The molecule has 1 aromatic carbocycles. The Hall–Kier alpha value is -4.61. The Morgan fingerprint density at radius 3 is 2.08 bits per heavy atom. The van der Waals surface area contributed by atoms with Crippen LogP contribution in [0.2, 0.25) is 0 Å². The Bertz CT molecular complexity index is 1790. The van der Waals surface area contributed by atoms with Crippen LogP contribution in [0.5, 0.6) is 5.75 Å². The summed E-state index contributed by atoms with van der Waals surface area (Å²) in [5.41, 5.74) is 10.4. The van der Waals surface area contributed by atoms with E-state index in [9.17, 15) is 22.8 Å². The molecular formula is C22H21BrF3N11O3. The number of anilines is 3. The van der Waals surface area contributed by atoms with Gasteiger partial charge in [-0.15, -0.1) is 0 Å². The molecule has 1 saturated heterocycles. The van der Waals surface area contributed by atoms with Crippen LogP contribution in [0.4, 0.5) is 31.0 Å². The molecule has 1 fully saturated rings. The van der Waals surface area contributed by atoms with Gasteiger partial charge in [-0.3, -0.25) is 19.6 Å². The Morgan fingerprint density at radius 1 is 0.875 bits per heavy atom. The van der Waals surface area contributed by atoms with E-state index in [0.29, 0.717) is 47.8 Å². The van der Waals surface area contributed by atoms with Crippen molar-refractivity contribution < 1.29 is 17.9 Å². The molecule has 0 bridgehead atoms. The predicted molar refractivity (Wildman–Crippen MR) is 143 cm³/mol. The van der Waals surface area contributed by atoms with Crippen molar-refractivity contribution in [2.75, 3.05) is 29.5 Å². The molecule has 8 N–H and O–H groups in total. The largest absolute Gasteiger partial charge is 0.490 e. The number of H-pyrrole nitrogens is 4. The molecule has 1 aliphatic rings. The van der Waals surface area contributed by atoms with Crippen molar-refractivity contribution in [3.63, 3.8) is 0 Å². The average Bonchev–Trinajstić information content (AvgIpc) is 3.48. The minimum atomic E-state index is -4.46. The first-order valence-electron chi connectivity index (χ1n) is 11.7. The van der Waals surface area contributed by atoms with E-state index in [-0.39, 0.29) is 40.5 Å². The molecule has 6 rings (SSSR count). The molecule has 40 heavy (non-hydrogen) atoms. The van der Waals surface area contributed by atoms with Crippen LogP contribution in [0.3, 0.4) is 0 Å². The van der Waals surface area contributed by atoms with Crippen LogP contribution in [-0.4, -0.2) is 59.1 Å². The summed E-state index contributed by atoms with van der Waals surface area (Å²) >= 11 is 3.08. The van der Waals surface area contributed by atoms with E-state index in [2.05, 4.69) is 55.8 Å². The molecule has 210 valence electrons. The van der Waals surface area contributed by atoms with Gasteiger partial charge < -0.3 is 31.1 Å². The number of hydrogen-bond acceptors (Lipinski definition) is 10. The quantitative estimate of drug-likeness (QED) is 0.161. The Kier molecular flexibility index (Phi) is 7.09. The third-order valence-electron chi connectivity index (χ3n) is 5.95. The van der Waals surface area contributed by atoms with Gasteiger partial charge in [0.25, 0.3) is 11.1 Å². The number of alkyl halides is 3. The van der Waals surface area contributed by atoms with Gasteiger partial charge in [-0.05, 0) is 28.1 Å². The smallest absolute Gasteiger partial charge is 0.419 e. The number of hydrogen-bond donors (Lipinski definition) is 6. The molecule has 0 spiro atoms. The molecule has 18 heteroatoms. The molecule has 0 saturated carbocycles. The van der Waals surface area contributed by atoms with Gasteiger partial charge in [-0.2, -0.15) is 28.1 Å². The second-order valence-corrected chi connectivity index (χ2v) is 9.44. The van der Waals surface area contributed by atoms with Gasteiger partial charge >= 0.3 is 6.18 Å². The number of nitrogens with zero attached hydrogens (tertiary/aromatic N) is 5. The average molecular weight is 624 g/mol. The summed E-state index contributed by atoms with van der Waals surface area (Å²) < 4.78 is 45.4. The number of rotatable bonds is 3. The van der Waals surface area contributed by atoms with Gasteiger partial charge in [0.1, 0.15) is 11.9 Å². The van der Waals surface area contributed by atoms with Crippen molar-refractivity contribution in [3.8, 4) is 5.75 Å². The standard InChI is InChI=1S/C17H17F3N6O2.C5H4BrN5O/c18-17(19,20)10-3-1-2-4-11(10)28-9-5-7-26(8-6-9)16-22-12-13(24-16)23-15(21)25-14(12)27;6-4-8-1-2(9-4)10-5(7)11-3(1)12/h1-4,9H,5-8H2,(H4,21,22,23,24,25,27);(H4,7,8,9,10,11,12). The maximum atomic E-state index is 13.1. The summed E-state index contributed by atoms with van der Waals surface area (Å²) in [4.78, 5) is 51.2. The number of piperidine rings is 1. The third-order valence-corrected chi connectivity index (χ3v) is 6.32. The number of ether oxygens (including phenoxy) is 1. The monoisotopic (exact) mass is 623 g/mol. The Morgan fingerprint density at radius 2 is 1.45 bits per heavy atom. The molecule has 0 unspecified atom stereocenters. The highest BCUT2D eigenvalue weighted by Crippen LogP contribution is 2.37. The van der Waals surface area contributed by atoms with Gasteiger partial charge in [-0.25, -0.2) is 4.98 Å². The summed E-state index contributed by atoms with van der Waals surface area (Å²) in [6.45, 7) is 1.01. The number of imidazole rings is 2. The van der Waals surface area contributed by atoms with E-state index in [0.717, 1.165) is 6.07 Å². The lowest BCUT2D eigenvalue weighted by atomic mass is 10.1. The molecule has 0 amide bonds. The van der Waals surface area contributed by atoms with E-state index >= 15 is 0 Å². The highest BCUT2D eigenvalue weighted by molar-refractivity contribution is 9.10. The van der Waals surface area contributed by atoms with Gasteiger partial charge in [0.15, 0.2) is 27.1 Å². The van der Waals surface area contributed by atoms with E-state index in [1.807, 2.05) is 4.90 Å². The minimum absolute atomic E-state index is 0.0222. The lowest BCUT2D eigenvalue weighted by molar-refractivity contribution is -0.139. The summed E-state index contributed by atoms with van der Waals surface area (Å²) in [6.07, 6.45) is -3.79. The van der Waals surface area contributed by atoms with Crippen LogP contribution in [0.25, 0.3) is 22.3 Å². The van der Waals surface area contributed by atoms with Crippen LogP contribution in [0, 0.1) is 0 Å². The normalized spacial score (nSPS) is 14.3. The van der Waals surface area contributed by atoms with Crippen molar-refractivity contribution in [1.82, 2.24) is 39.9 Å². The lowest BCUT2D eigenvalue weighted by Crippen LogP contribution is -2.39. The molecule has 1 aliphatic heterocycles. The summed E-state index contributed by atoms with van der Waals surface area (Å²) in [7, 11) is 0. The second-order valence-electron chi connectivity index (χ2n) is 8.69. The van der Waals surface area contributed by atoms with Crippen LogP contribution in [0.1, 0.15) is 18.4 Å². The molecule has 0 atom stereocenters. The number of fused-ring (bicyclic) bond motifs is 2. The van der Waals surface area contributed by atoms with Gasteiger partial charge in [0.05, 0.1) is 5.56 Å². The van der Waals surface area contributed by atoms with Crippen LogP contribution >= 0.6 is 15.9 Å². The minimum Gasteiger partial charge on any atom is -0.490 e. The molecule has 0 radical (unpaired) electrons. The molecule has 14 nitrogen and oxygen atoms in total. The van der Waals surface area contributed by atoms with Crippen molar-refractivity contribution in [1.29, 1.82) is 0 Å². The number of aromatic amines is 4. The zero-order valence-corrected chi connectivity index (χ0v) is 21.9. The number of para-hydroxylation sites is 1. The number of benzene rings is 1. The first-order valence-corrected chi connectivity index (χ1v) is 12.5. The van der Waals surface area contributed by atoms with Crippen molar-refractivity contribution >= 4 is 56.1 Å². The molecule has 5 aromatic rings. The van der Waals surface area contributed by atoms with Crippen LogP contribution in [0.15, 0.2) is 38.6 Å². The summed E-state index contributed by atoms with van der Waals surface area (Å²) in [5, 5.41) is 0. The van der Waals surface area contributed by atoms with Gasteiger partial charge in [0.2, 0.25) is 17.8 Å². The Balaban J connectivity index is 0.000000223. The SMILES string of the molecule is Nc1nc2nc(Br)[nH]c2c(=O)[nH]1.Nc1nc2nc(N3CCC(Oc4ccccc4C(F)(F)F)CC3)[nH]c2c(=O)[nH]1. The Labute approximate surface area is 229 Å². The van der Waals surface area contributed by atoms with Crippen molar-refractivity contribution in [3.05, 3.63) is 55.3 Å². The number of nitrogens with one attached hydrogen (secondary N) is 4. The first-order chi connectivity index (χ1) is 19.0. The van der Waals surface area contributed by atoms with Crippen molar-refractivity contribution in [2.45, 2.75) is 25.1 Å². The zero-order chi connectivity index (χ0) is 28.6. The number of nitrogens with two attached hydrogens (primary N) is 2. The lowest BCUT2D eigenvalue weighted by Gasteiger charge is -2.32. The second kappa shape index (κ2) is 10.5. The fourth-order valence-corrected chi connectivity index (χ4v) is 4.49. The maximum Gasteiger partial charge on any atom is 0.419 e. The number of nitrogen functional groups attached to an aromatic ring is 2. The topological polar surface area (TPSA) is 213 Å². The molecule has 0 aliphatic carbocycles. The number of halogens is 4. The first kappa shape index (κ1) is 27.0. The fraction of sp³-hybridized carbons (Fsp3) is 0.273. The van der Waals surface area contributed by atoms with E-state index < -0.39 is 17.3 Å². The van der Waals surface area contributed by atoms with Crippen molar-refractivity contribution in [2.24, 2.45) is 0 Å². The van der Waals surface area contributed by atoms with Crippen LogP contribution < -0.4 is 32.2 Å². The van der Waals surface area contributed by atoms with E-state index in [1.54, 1.807) is 0 Å². The zero-order valence-electron chi connectivity index (χ0n) is 20.3. The number of aromatic nitrogens is 8. The molecule has 4 aromatic heterocycles. The highest BCUT2D eigenvalue weighted by Gasteiger charge is 2.35. The van der Waals surface area contributed by atoms with Gasteiger partial charge in [0, 0.05) is 25.9 Å². The fourth-order valence-electron chi connectivity index (χ4n) is 4.13. The third kappa shape index (κ3) is 5.70. The van der Waals surface area contributed by atoms with E-state index in [4.69, 9.17) is 16.2 Å². The van der Waals surface area contributed by atoms with Crippen LogP contribution in [-0.2, 0) is 6.18 Å². The van der Waals surface area contributed by atoms with Gasteiger partial charge in [-0.1, -0.05) is 12.1 Å². The van der Waals surface area contributed by atoms with E-state index in [1.165, 1.54) is 18.2 Å². The molecule has 5 heterocycles. The summed E-state index contributed by atoms with van der Waals surface area (Å²) in [6, 6.07) is 5.19. The highest BCUT2D eigenvalue weighted by atomic mass is 79.9. The molecular weight excluding hydrogens is 603 g/mol.